The standard InChI is InChI=1S/C14H18N2O3S/c1-15-20(18,19)13-8-6-12(7-9-13)16-14(17)10-11-4-2-3-5-11/h2,4,6-9,11,15H,3,5,10H2,1H3,(H,16,17)/t11-/m1/s1. The molecule has 2 rings (SSSR count). The van der Waals surface area contributed by atoms with E-state index in [9.17, 15) is 13.2 Å². The lowest BCUT2D eigenvalue weighted by molar-refractivity contribution is -0.116. The van der Waals surface area contributed by atoms with Crippen LogP contribution in [0.15, 0.2) is 41.3 Å². The Labute approximate surface area is 119 Å². The Morgan fingerprint density at radius 3 is 2.55 bits per heavy atom. The lowest BCUT2D eigenvalue weighted by Gasteiger charge is -2.09. The number of amides is 1. The van der Waals surface area contributed by atoms with Gasteiger partial charge in [0.1, 0.15) is 0 Å². The minimum Gasteiger partial charge on any atom is -0.326 e. The molecule has 0 saturated carbocycles. The van der Waals surface area contributed by atoms with E-state index in [1.54, 1.807) is 12.1 Å². The van der Waals surface area contributed by atoms with Gasteiger partial charge in [0.15, 0.2) is 0 Å². The summed E-state index contributed by atoms with van der Waals surface area (Å²) in [6.45, 7) is 0. The molecule has 1 aliphatic rings. The SMILES string of the molecule is CNS(=O)(=O)c1ccc(NC(=O)C[C@@H]2C=CCC2)cc1. The fourth-order valence-electron chi connectivity index (χ4n) is 2.15. The summed E-state index contributed by atoms with van der Waals surface area (Å²) in [5.41, 5.74) is 0.604. The van der Waals surface area contributed by atoms with Gasteiger partial charge in [-0.2, -0.15) is 0 Å². The molecule has 0 spiro atoms. The van der Waals surface area contributed by atoms with E-state index in [-0.39, 0.29) is 10.8 Å². The van der Waals surface area contributed by atoms with Gasteiger partial charge in [-0.1, -0.05) is 12.2 Å². The zero-order valence-corrected chi connectivity index (χ0v) is 12.1. The van der Waals surface area contributed by atoms with Crippen LogP contribution in [-0.4, -0.2) is 21.4 Å². The first-order valence-electron chi connectivity index (χ1n) is 6.51. The van der Waals surface area contributed by atoms with Gasteiger partial charge in [0.2, 0.25) is 15.9 Å². The average molecular weight is 294 g/mol. The molecule has 1 aromatic carbocycles. The molecule has 1 atom stereocenters. The zero-order chi connectivity index (χ0) is 14.6. The number of sulfonamides is 1. The molecule has 20 heavy (non-hydrogen) atoms. The third-order valence-corrected chi connectivity index (χ3v) is 4.71. The van der Waals surface area contributed by atoms with Crippen LogP contribution < -0.4 is 10.0 Å². The maximum absolute atomic E-state index is 11.8. The van der Waals surface area contributed by atoms with Crippen LogP contribution in [-0.2, 0) is 14.8 Å². The van der Waals surface area contributed by atoms with Gasteiger partial charge in [0.05, 0.1) is 4.90 Å². The summed E-state index contributed by atoms with van der Waals surface area (Å²) < 4.78 is 25.4. The first-order valence-corrected chi connectivity index (χ1v) is 8.00. The van der Waals surface area contributed by atoms with Crippen molar-refractivity contribution in [2.75, 3.05) is 12.4 Å². The molecule has 0 saturated heterocycles. The summed E-state index contributed by atoms with van der Waals surface area (Å²) in [5, 5.41) is 2.78. The number of anilines is 1. The molecule has 0 radical (unpaired) electrons. The minimum atomic E-state index is -3.43. The first-order chi connectivity index (χ1) is 9.51. The van der Waals surface area contributed by atoms with Gasteiger partial charge in [-0.05, 0) is 50.1 Å². The van der Waals surface area contributed by atoms with Gasteiger partial charge in [0, 0.05) is 12.1 Å². The number of carbonyl (C=O) groups excluding carboxylic acids is 1. The van der Waals surface area contributed by atoms with Crippen molar-refractivity contribution in [2.24, 2.45) is 5.92 Å². The molecule has 1 amide bonds. The van der Waals surface area contributed by atoms with Gasteiger partial charge < -0.3 is 5.32 Å². The lowest BCUT2D eigenvalue weighted by atomic mass is 10.1. The highest BCUT2D eigenvalue weighted by Gasteiger charge is 2.15. The Morgan fingerprint density at radius 2 is 2.00 bits per heavy atom. The Hall–Kier alpha value is -1.66. The van der Waals surface area contributed by atoms with Crippen LogP contribution in [0.4, 0.5) is 5.69 Å². The number of carbonyl (C=O) groups is 1. The smallest absolute Gasteiger partial charge is 0.240 e. The summed E-state index contributed by atoms with van der Waals surface area (Å²) in [7, 11) is -2.07. The Balaban J connectivity index is 1.96. The highest BCUT2D eigenvalue weighted by Crippen LogP contribution is 2.21. The molecule has 0 heterocycles. The fraction of sp³-hybridized carbons (Fsp3) is 0.357. The number of rotatable bonds is 5. The van der Waals surface area contributed by atoms with Gasteiger partial charge in [-0.3, -0.25) is 4.79 Å². The molecule has 0 fully saturated rings. The normalized spacial score (nSPS) is 18.1. The highest BCUT2D eigenvalue weighted by molar-refractivity contribution is 7.89. The molecular weight excluding hydrogens is 276 g/mol. The molecule has 0 bridgehead atoms. The second-order valence-corrected chi connectivity index (χ2v) is 6.64. The largest absolute Gasteiger partial charge is 0.326 e. The second-order valence-electron chi connectivity index (χ2n) is 4.75. The monoisotopic (exact) mass is 294 g/mol. The van der Waals surface area contributed by atoms with Crippen molar-refractivity contribution in [1.82, 2.24) is 4.72 Å². The number of allylic oxidation sites excluding steroid dienone is 2. The zero-order valence-electron chi connectivity index (χ0n) is 11.3. The van der Waals surface area contributed by atoms with E-state index in [4.69, 9.17) is 0 Å². The van der Waals surface area contributed by atoms with E-state index in [1.807, 2.05) is 0 Å². The molecule has 0 unspecified atom stereocenters. The third-order valence-electron chi connectivity index (χ3n) is 3.28. The summed E-state index contributed by atoms with van der Waals surface area (Å²) in [6.07, 6.45) is 6.69. The maximum atomic E-state index is 11.8. The lowest BCUT2D eigenvalue weighted by Crippen LogP contribution is -2.18. The van der Waals surface area contributed by atoms with Crippen molar-refractivity contribution in [3.05, 3.63) is 36.4 Å². The van der Waals surface area contributed by atoms with E-state index in [2.05, 4.69) is 22.2 Å². The van der Waals surface area contributed by atoms with Crippen molar-refractivity contribution in [2.45, 2.75) is 24.2 Å². The van der Waals surface area contributed by atoms with E-state index in [1.165, 1.54) is 19.2 Å². The van der Waals surface area contributed by atoms with Crippen molar-refractivity contribution in [1.29, 1.82) is 0 Å². The van der Waals surface area contributed by atoms with Gasteiger partial charge in [-0.25, -0.2) is 13.1 Å². The van der Waals surface area contributed by atoms with Crippen molar-refractivity contribution >= 4 is 21.6 Å². The number of hydrogen-bond acceptors (Lipinski definition) is 3. The molecule has 1 aromatic rings. The quantitative estimate of drug-likeness (QED) is 0.814. The van der Waals surface area contributed by atoms with Crippen LogP contribution in [0, 0.1) is 5.92 Å². The molecule has 0 aromatic heterocycles. The topological polar surface area (TPSA) is 75.3 Å². The number of benzene rings is 1. The highest BCUT2D eigenvalue weighted by atomic mass is 32.2. The molecular formula is C14H18N2O3S. The van der Waals surface area contributed by atoms with Crippen molar-refractivity contribution in [3.8, 4) is 0 Å². The maximum Gasteiger partial charge on any atom is 0.240 e. The fourth-order valence-corrected chi connectivity index (χ4v) is 2.88. The summed E-state index contributed by atoms with van der Waals surface area (Å²) >= 11 is 0. The van der Waals surface area contributed by atoms with E-state index >= 15 is 0 Å². The third kappa shape index (κ3) is 3.68. The van der Waals surface area contributed by atoms with Gasteiger partial charge >= 0.3 is 0 Å². The molecule has 1 aliphatic carbocycles. The minimum absolute atomic E-state index is 0.0502. The Morgan fingerprint density at radius 1 is 1.30 bits per heavy atom. The van der Waals surface area contributed by atoms with Crippen LogP contribution in [0.25, 0.3) is 0 Å². The summed E-state index contributed by atoms with van der Waals surface area (Å²) in [5.74, 6) is 0.268. The van der Waals surface area contributed by atoms with Crippen molar-refractivity contribution in [3.63, 3.8) is 0 Å². The van der Waals surface area contributed by atoms with Crippen molar-refractivity contribution < 1.29 is 13.2 Å². The van der Waals surface area contributed by atoms with Crippen LogP contribution in [0.5, 0.6) is 0 Å². The number of hydrogen-bond donors (Lipinski definition) is 2. The molecule has 5 nitrogen and oxygen atoms in total. The molecule has 6 heteroatoms. The van der Waals surface area contributed by atoms with Crippen LogP contribution >= 0.6 is 0 Å². The van der Waals surface area contributed by atoms with Crippen LogP contribution in [0.2, 0.25) is 0 Å². The summed E-state index contributed by atoms with van der Waals surface area (Å²) in [4.78, 5) is 12.0. The van der Waals surface area contributed by atoms with E-state index < -0.39 is 10.0 Å². The van der Waals surface area contributed by atoms with Gasteiger partial charge in [-0.15, -0.1) is 0 Å². The van der Waals surface area contributed by atoms with E-state index in [0.717, 1.165) is 12.8 Å². The number of nitrogens with one attached hydrogen (secondary N) is 2. The molecule has 108 valence electrons. The van der Waals surface area contributed by atoms with Crippen LogP contribution in [0.1, 0.15) is 19.3 Å². The van der Waals surface area contributed by atoms with Gasteiger partial charge in [0.25, 0.3) is 0 Å². The second kappa shape index (κ2) is 6.19. The average Bonchev–Trinajstić information content (AvgIpc) is 2.92. The van der Waals surface area contributed by atoms with E-state index in [0.29, 0.717) is 18.0 Å². The Kier molecular flexibility index (Phi) is 4.57. The van der Waals surface area contributed by atoms with Crippen LogP contribution in [0.3, 0.4) is 0 Å². The predicted molar refractivity (Wildman–Crippen MR) is 77.8 cm³/mol. The summed E-state index contributed by atoms with van der Waals surface area (Å²) in [6, 6.07) is 6.12. The molecule has 2 N–H and O–H groups in total. The Bertz CT molecular complexity index is 606. The first kappa shape index (κ1) is 14.7. The predicted octanol–water partition coefficient (Wildman–Crippen LogP) is 1.89. The molecule has 0 aliphatic heterocycles.